The average Bonchev–Trinajstić information content (AvgIpc) is 3.00. The maximum Gasteiger partial charge on any atom is 0.253 e. The second-order valence-electron chi connectivity index (χ2n) is 11.1. The highest BCUT2D eigenvalue weighted by atomic mass is 35.5. The molecule has 222 valence electrons. The molecule has 0 saturated carbocycles. The predicted molar refractivity (Wildman–Crippen MR) is 163 cm³/mol. The molecule has 2 fully saturated rings. The summed E-state index contributed by atoms with van der Waals surface area (Å²) in [5, 5.41) is 0.915. The normalized spacial score (nSPS) is 19.7. The van der Waals surface area contributed by atoms with Crippen LogP contribution in [-0.2, 0) is 14.3 Å². The molecule has 2 atom stereocenters. The Balaban J connectivity index is 1.51. The van der Waals surface area contributed by atoms with Gasteiger partial charge in [-0.3, -0.25) is 14.4 Å². The molecule has 2 aliphatic rings. The number of nitrogens with zero attached hydrogens (tertiary/aromatic N) is 4. The predicted octanol–water partition coefficient (Wildman–Crippen LogP) is 4.79. The molecule has 8 nitrogen and oxygen atoms in total. The second kappa shape index (κ2) is 13.9. The highest BCUT2D eigenvalue weighted by Crippen LogP contribution is 2.35. The Bertz CT molecular complexity index is 1230. The first-order valence-electron chi connectivity index (χ1n) is 14.2. The number of carbonyl (C=O) groups excluding carboxylic acids is 3. The molecule has 0 aliphatic carbocycles. The zero-order chi connectivity index (χ0) is 29.7. The minimum Gasteiger partial charge on any atom is -0.383 e. The van der Waals surface area contributed by atoms with Crippen molar-refractivity contribution in [1.82, 2.24) is 14.7 Å². The summed E-state index contributed by atoms with van der Waals surface area (Å²) >= 11 is 12.6. The summed E-state index contributed by atoms with van der Waals surface area (Å²) in [5.41, 5.74) is 2.57. The molecular formula is C31H40Cl2N4O4. The molecule has 2 heterocycles. The van der Waals surface area contributed by atoms with Crippen molar-refractivity contribution in [3.05, 3.63) is 63.6 Å². The summed E-state index contributed by atoms with van der Waals surface area (Å²) in [5.74, 6) is -0.122. The molecule has 3 amide bonds. The number of ether oxygens (including phenoxy) is 1. The van der Waals surface area contributed by atoms with Gasteiger partial charge in [0, 0.05) is 90.0 Å². The van der Waals surface area contributed by atoms with Crippen molar-refractivity contribution in [1.29, 1.82) is 0 Å². The lowest BCUT2D eigenvalue weighted by molar-refractivity contribution is -0.141. The van der Waals surface area contributed by atoms with Crippen LogP contribution in [0.3, 0.4) is 0 Å². The fraction of sp³-hybridized carbons (Fsp3) is 0.516. The summed E-state index contributed by atoms with van der Waals surface area (Å²) in [6.45, 7) is 5.21. The quantitative estimate of drug-likeness (QED) is 0.434. The molecule has 0 aromatic heterocycles. The number of methoxy groups -OCH3 is 1. The number of piperidine rings is 2. The van der Waals surface area contributed by atoms with Crippen LogP contribution < -0.4 is 4.90 Å². The highest BCUT2D eigenvalue weighted by Gasteiger charge is 2.39. The Morgan fingerprint density at radius 1 is 0.927 bits per heavy atom. The monoisotopic (exact) mass is 602 g/mol. The number of rotatable bonds is 8. The summed E-state index contributed by atoms with van der Waals surface area (Å²) in [6.07, 6.45) is 1.98. The fourth-order valence-electron chi connectivity index (χ4n) is 5.94. The van der Waals surface area contributed by atoms with Crippen LogP contribution in [0.25, 0.3) is 0 Å². The van der Waals surface area contributed by atoms with Gasteiger partial charge in [0.1, 0.15) is 0 Å². The van der Waals surface area contributed by atoms with Crippen LogP contribution in [0.5, 0.6) is 0 Å². The van der Waals surface area contributed by atoms with Crippen molar-refractivity contribution in [2.45, 2.75) is 38.1 Å². The zero-order valence-corrected chi connectivity index (χ0v) is 25.8. The average molecular weight is 604 g/mol. The summed E-state index contributed by atoms with van der Waals surface area (Å²) < 4.78 is 5.17. The van der Waals surface area contributed by atoms with Crippen LogP contribution in [0, 0.1) is 5.92 Å². The van der Waals surface area contributed by atoms with Crippen LogP contribution in [-0.4, -0.2) is 99.0 Å². The van der Waals surface area contributed by atoms with E-state index >= 15 is 0 Å². The molecule has 0 spiro atoms. The van der Waals surface area contributed by atoms with E-state index in [1.807, 2.05) is 60.3 Å². The van der Waals surface area contributed by atoms with E-state index in [0.717, 1.165) is 17.8 Å². The molecule has 0 bridgehead atoms. The van der Waals surface area contributed by atoms with Crippen molar-refractivity contribution < 1.29 is 19.1 Å². The summed E-state index contributed by atoms with van der Waals surface area (Å²) in [6, 6.07) is 13.0. The Hall–Kier alpha value is -2.81. The summed E-state index contributed by atoms with van der Waals surface area (Å²) in [4.78, 5) is 46.6. The maximum atomic E-state index is 13.7. The fourth-order valence-corrected chi connectivity index (χ4v) is 6.25. The van der Waals surface area contributed by atoms with Crippen LogP contribution in [0.1, 0.15) is 48.0 Å². The van der Waals surface area contributed by atoms with Crippen molar-refractivity contribution in [3.63, 3.8) is 0 Å². The standard InChI is InChI=1S/C31H40Cl2N4O4/c1-21(38)36-14-11-23(12-15-36)31(40)37-16-13-29(26(20-37)24-7-10-27(32)28(33)19-24)35(3)30(39)22-5-8-25(9-6-22)34(2)17-18-41-4/h5-10,19,23,26,29H,11-18,20H2,1-4H3/t26-,29+/m0/s1. The number of hydrogen-bond acceptors (Lipinski definition) is 5. The molecule has 0 radical (unpaired) electrons. The highest BCUT2D eigenvalue weighted by molar-refractivity contribution is 6.42. The molecule has 2 aromatic rings. The van der Waals surface area contributed by atoms with Gasteiger partial charge in [-0.15, -0.1) is 0 Å². The zero-order valence-electron chi connectivity index (χ0n) is 24.3. The van der Waals surface area contributed by atoms with Gasteiger partial charge in [-0.05, 0) is 61.2 Å². The van der Waals surface area contributed by atoms with E-state index in [9.17, 15) is 14.4 Å². The molecule has 41 heavy (non-hydrogen) atoms. The van der Waals surface area contributed by atoms with Gasteiger partial charge in [0.15, 0.2) is 0 Å². The first-order valence-corrected chi connectivity index (χ1v) is 14.9. The smallest absolute Gasteiger partial charge is 0.253 e. The number of hydrogen-bond donors (Lipinski definition) is 0. The first-order chi connectivity index (χ1) is 19.6. The number of halogens is 2. The number of likely N-dealkylation sites (tertiary alicyclic amines) is 2. The lowest BCUT2D eigenvalue weighted by atomic mass is 9.83. The van der Waals surface area contributed by atoms with E-state index in [-0.39, 0.29) is 35.6 Å². The van der Waals surface area contributed by atoms with E-state index in [4.69, 9.17) is 27.9 Å². The lowest BCUT2D eigenvalue weighted by Crippen LogP contribution is -2.53. The molecule has 2 saturated heterocycles. The minimum absolute atomic E-state index is 0.0526. The Kier molecular flexibility index (Phi) is 10.6. The van der Waals surface area contributed by atoms with Gasteiger partial charge in [-0.1, -0.05) is 29.3 Å². The molecular weight excluding hydrogens is 563 g/mol. The van der Waals surface area contributed by atoms with Crippen molar-refractivity contribution in [2.75, 3.05) is 65.4 Å². The number of anilines is 1. The van der Waals surface area contributed by atoms with E-state index in [0.29, 0.717) is 67.7 Å². The number of benzene rings is 2. The molecule has 4 rings (SSSR count). The molecule has 2 aliphatic heterocycles. The third-order valence-electron chi connectivity index (χ3n) is 8.55. The van der Waals surface area contributed by atoms with Crippen molar-refractivity contribution >= 4 is 46.6 Å². The molecule has 10 heteroatoms. The van der Waals surface area contributed by atoms with Crippen LogP contribution in [0.2, 0.25) is 10.0 Å². The lowest BCUT2D eigenvalue weighted by Gasteiger charge is -2.44. The van der Waals surface area contributed by atoms with Crippen LogP contribution in [0.15, 0.2) is 42.5 Å². The third-order valence-corrected chi connectivity index (χ3v) is 9.29. The molecule has 2 aromatic carbocycles. The van der Waals surface area contributed by atoms with Crippen LogP contribution >= 0.6 is 23.2 Å². The molecule has 0 unspecified atom stereocenters. The summed E-state index contributed by atoms with van der Waals surface area (Å²) in [7, 11) is 5.51. The van der Waals surface area contributed by atoms with Gasteiger partial charge in [-0.25, -0.2) is 0 Å². The molecule has 0 N–H and O–H groups in total. The van der Waals surface area contributed by atoms with E-state index in [2.05, 4.69) is 4.90 Å². The number of amides is 3. The number of likely N-dealkylation sites (N-methyl/N-ethyl adjacent to an activating group) is 2. The van der Waals surface area contributed by atoms with Gasteiger partial charge >= 0.3 is 0 Å². The Morgan fingerprint density at radius 2 is 1.59 bits per heavy atom. The largest absolute Gasteiger partial charge is 0.383 e. The van der Waals surface area contributed by atoms with E-state index in [1.165, 1.54) is 0 Å². The van der Waals surface area contributed by atoms with E-state index in [1.54, 1.807) is 25.0 Å². The van der Waals surface area contributed by atoms with E-state index < -0.39 is 0 Å². The van der Waals surface area contributed by atoms with Crippen molar-refractivity contribution in [2.24, 2.45) is 5.92 Å². The second-order valence-corrected chi connectivity index (χ2v) is 11.9. The topological polar surface area (TPSA) is 73.4 Å². The SMILES string of the molecule is COCCN(C)c1ccc(C(=O)N(C)[C@@H]2CCN(C(=O)C3CCN(C(C)=O)CC3)C[C@H]2c2ccc(Cl)c(Cl)c2)cc1. The maximum absolute atomic E-state index is 13.7. The van der Waals surface area contributed by atoms with Crippen molar-refractivity contribution in [3.8, 4) is 0 Å². The third kappa shape index (κ3) is 7.34. The van der Waals surface area contributed by atoms with Crippen LogP contribution in [0.4, 0.5) is 5.69 Å². The minimum atomic E-state index is -0.132. The Morgan fingerprint density at radius 3 is 2.20 bits per heavy atom. The van der Waals surface area contributed by atoms with Gasteiger partial charge in [0.2, 0.25) is 11.8 Å². The van der Waals surface area contributed by atoms with Gasteiger partial charge in [0.25, 0.3) is 5.91 Å². The van der Waals surface area contributed by atoms with Gasteiger partial charge in [-0.2, -0.15) is 0 Å². The number of carbonyl (C=O) groups is 3. The van der Waals surface area contributed by atoms with Gasteiger partial charge in [0.05, 0.1) is 16.7 Å². The first kappa shape index (κ1) is 31.1. The Labute approximate surface area is 253 Å². The van der Waals surface area contributed by atoms with Gasteiger partial charge < -0.3 is 24.3 Å².